The molecule has 0 radical (unpaired) electrons. The van der Waals surface area contributed by atoms with Crippen molar-refractivity contribution in [2.24, 2.45) is 4.99 Å². The Labute approximate surface area is 37.5 Å². The van der Waals surface area contributed by atoms with E-state index >= 15 is 0 Å². The van der Waals surface area contributed by atoms with Crippen LogP contribution in [0.25, 0.3) is 0 Å². The molecule has 36 valence electrons. The molecular weight excluding hydrogens is 78.0 g/mol. The number of aliphatic imine (C=N–C) groups is 1. The topological polar surface area (TPSA) is 32.6 Å². The standard InChI is InChI=1S/C4H9NO/c1-2-5-3-4-6/h3,6H,2,4H2,1H3. The normalized spacial score (nSPS) is 10.3. The van der Waals surface area contributed by atoms with Gasteiger partial charge in [0.2, 0.25) is 0 Å². The van der Waals surface area contributed by atoms with Gasteiger partial charge < -0.3 is 5.11 Å². The molecule has 0 aromatic rings. The second kappa shape index (κ2) is 4.63. The molecule has 0 aliphatic rings. The van der Waals surface area contributed by atoms with Crippen LogP contribution in [0.2, 0.25) is 0 Å². The van der Waals surface area contributed by atoms with Gasteiger partial charge in [-0.3, -0.25) is 4.99 Å². The lowest BCUT2D eigenvalue weighted by Gasteiger charge is -1.74. The van der Waals surface area contributed by atoms with E-state index in [9.17, 15) is 0 Å². The Morgan fingerprint density at radius 3 is 2.67 bits per heavy atom. The summed E-state index contributed by atoms with van der Waals surface area (Å²) in [4.78, 5) is 3.72. The second-order valence-corrected chi connectivity index (χ2v) is 0.864. The molecule has 0 unspecified atom stereocenters. The van der Waals surface area contributed by atoms with E-state index in [1.807, 2.05) is 6.92 Å². The maximum atomic E-state index is 8.05. The van der Waals surface area contributed by atoms with Gasteiger partial charge in [-0.1, -0.05) is 0 Å². The third kappa shape index (κ3) is 3.63. The average Bonchev–Trinajstić information content (AvgIpc) is 1.61. The van der Waals surface area contributed by atoms with Gasteiger partial charge in [0.25, 0.3) is 0 Å². The fourth-order valence-electron chi connectivity index (χ4n) is 0.187. The number of hydrogen-bond donors (Lipinski definition) is 1. The van der Waals surface area contributed by atoms with Crippen molar-refractivity contribution in [1.29, 1.82) is 0 Å². The van der Waals surface area contributed by atoms with Crippen LogP contribution < -0.4 is 0 Å². The summed E-state index contributed by atoms with van der Waals surface area (Å²) in [5.41, 5.74) is 0. The number of hydrogen-bond acceptors (Lipinski definition) is 2. The van der Waals surface area contributed by atoms with Crippen molar-refractivity contribution in [2.75, 3.05) is 13.2 Å². The summed E-state index contributed by atoms with van der Waals surface area (Å²) in [6.45, 7) is 2.75. The van der Waals surface area contributed by atoms with Gasteiger partial charge in [-0.2, -0.15) is 0 Å². The van der Waals surface area contributed by atoms with Gasteiger partial charge in [0, 0.05) is 12.8 Å². The fourth-order valence-corrected chi connectivity index (χ4v) is 0.187. The van der Waals surface area contributed by atoms with Crippen LogP contribution in [0.15, 0.2) is 4.99 Å². The minimum absolute atomic E-state index is 0.0633. The van der Waals surface area contributed by atoms with Crippen molar-refractivity contribution in [3.63, 3.8) is 0 Å². The lowest BCUT2D eigenvalue weighted by Crippen LogP contribution is -1.80. The predicted molar refractivity (Wildman–Crippen MR) is 26.1 cm³/mol. The summed E-state index contributed by atoms with van der Waals surface area (Å²) in [7, 11) is 0. The third-order valence-electron chi connectivity index (χ3n) is 0.393. The van der Waals surface area contributed by atoms with Crippen molar-refractivity contribution in [3.8, 4) is 0 Å². The molecule has 0 spiro atoms. The zero-order valence-corrected chi connectivity index (χ0v) is 3.89. The molecule has 0 aromatic carbocycles. The monoisotopic (exact) mass is 87.1 g/mol. The highest BCUT2D eigenvalue weighted by Gasteiger charge is 1.60. The van der Waals surface area contributed by atoms with E-state index in [4.69, 9.17) is 5.11 Å². The Morgan fingerprint density at radius 1 is 1.83 bits per heavy atom. The first-order valence-electron chi connectivity index (χ1n) is 2.01. The molecule has 2 nitrogen and oxygen atoms in total. The van der Waals surface area contributed by atoms with Crippen molar-refractivity contribution in [1.82, 2.24) is 0 Å². The molecule has 1 N–H and O–H groups in total. The molecule has 0 aromatic heterocycles. The zero-order valence-electron chi connectivity index (χ0n) is 3.89. The Balaban J connectivity index is 2.73. The summed E-state index contributed by atoms with van der Waals surface area (Å²) < 4.78 is 0. The summed E-state index contributed by atoms with van der Waals surface area (Å²) in [6, 6.07) is 0. The van der Waals surface area contributed by atoms with Gasteiger partial charge in [0.05, 0.1) is 6.61 Å². The van der Waals surface area contributed by atoms with Crippen molar-refractivity contribution < 1.29 is 5.11 Å². The van der Waals surface area contributed by atoms with Crippen LogP contribution in [0.5, 0.6) is 0 Å². The van der Waals surface area contributed by atoms with Crippen LogP contribution in [-0.4, -0.2) is 24.5 Å². The van der Waals surface area contributed by atoms with Crippen LogP contribution >= 0.6 is 0 Å². The molecule has 0 heterocycles. The maximum Gasteiger partial charge on any atom is 0.0779 e. The van der Waals surface area contributed by atoms with E-state index in [-0.39, 0.29) is 6.61 Å². The van der Waals surface area contributed by atoms with Crippen LogP contribution in [-0.2, 0) is 0 Å². The molecule has 0 saturated heterocycles. The van der Waals surface area contributed by atoms with E-state index in [0.29, 0.717) is 0 Å². The SMILES string of the molecule is CCN=CCO. The van der Waals surface area contributed by atoms with E-state index in [2.05, 4.69) is 4.99 Å². The summed E-state index contributed by atoms with van der Waals surface area (Å²) in [5.74, 6) is 0. The van der Waals surface area contributed by atoms with Gasteiger partial charge >= 0.3 is 0 Å². The quantitative estimate of drug-likeness (QED) is 0.475. The highest BCUT2D eigenvalue weighted by Crippen LogP contribution is 1.58. The van der Waals surface area contributed by atoms with Crippen LogP contribution in [0, 0.1) is 0 Å². The molecule has 0 bridgehead atoms. The highest BCUT2D eigenvalue weighted by molar-refractivity contribution is 5.57. The predicted octanol–water partition coefficient (Wildman–Crippen LogP) is 0.0694. The van der Waals surface area contributed by atoms with Crippen molar-refractivity contribution in [2.45, 2.75) is 6.92 Å². The molecule has 0 aliphatic carbocycles. The van der Waals surface area contributed by atoms with Gasteiger partial charge in [0.15, 0.2) is 0 Å². The van der Waals surface area contributed by atoms with Crippen LogP contribution in [0.1, 0.15) is 6.92 Å². The van der Waals surface area contributed by atoms with E-state index in [0.717, 1.165) is 6.54 Å². The maximum absolute atomic E-state index is 8.05. The summed E-state index contributed by atoms with van der Waals surface area (Å²) in [5, 5.41) is 8.05. The van der Waals surface area contributed by atoms with Crippen LogP contribution in [0.3, 0.4) is 0 Å². The minimum Gasteiger partial charge on any atom is -0.391 e. The number of aliphatic hydroxyl groups excluding tert-OH is 1. The zero-order chi connectivity index (χ0) is 4.83. The number of nitrogens with zero attached hydrogens (tertiary/aromatic N) is 1. The molecule has 0 saturated carbocycles. The Morgan fingerprint density at radius 2 is 2.50 bits per heavy atom. The lowest BCUT2D eigenvalue weighted by molar-refractivity contribution is 0.361. The first-order chi connectivity index (χ1) is 2.91. The van der Waals surface area contributed by atoms with Gasteiger partial charge in [-0.15, -0.1) is 0 Å². The van der Waals surface area contributed by atoms with Gasteiger partial charge in [0.1, 0.15) is 0 Å². The lowest BCUT2D eigenvalue weighted by atomic mass is 10.7. The van der Waals surface area contributed by atoms with Crippen LogP contribution in [0.4, 0.5) is 0 Å². The Hall–Kier alpha value is -0.370. The average molecular weight is 87.1 g/mol. The molecule has 6 heavy (non-hydrogen) atoms. The third-order valence-corrected chi connectivity index (χ3v) is 0.393. The molecule has 0 amide bonds. The van der Waals surface area contributed by atoms with Crippen molar-refractivity contribution in [3.05, 3.63) is 0 Å². The van der Waals surface area contributed by atoms with E-state index < -0.39 is 0 Å². The highest BCUT2D eigenvalue weighted by atomic mass is 16.2. The smallest absolute Gasteiger partial charge is 0.0779 e. The fraction of sp³-hybridized carbons (Fsp3) is 0.750. The Bertz CT molecular complexity index is 36.8. The summed E-state index contributed by atoms with van der Waals surface area (Å²) >= 11 is 0. The first kappa shape index (κ1) is 5.63. The summed E-state index contributed by atoms with van der Waals surface area (Å²) in [6.07, 6.45) is 1.49. The minimum atomic E-state index is 0.0633. The van der Waals surface area contributed by atoms with Gasteiger partial charge in [-0.25, -0.2) is 0 Å². The largest absolute Gasteiger partial charge is 0.391 e. The molecular formula is C4H9NO. The second-order valence-electron chi connectivity index (χ2n) is 0.864. The number of rotatable bonds is 2. The number of aliphatic hydroxyl groups is 1. The molecule has 0 aliphatic heterocycles. The molecule has 2 heteroatoms. The molecule has 0 fully saturated rings. The van der Waals surface area contributed by atoms with E-state index in [1.165, 1.54) is 6.21 Å². The molecule has 0 rings (SSSR count). The van der Waals surface area contributed by atoms with Crippen molar-refractivity contribution >= 4 is 6.21 Å². The van der Waals surface area contributed by atoms with Gasteiger partial charge in [-0.05, 0) is 6.92 Å². The first-order valence-corrected chi connectivity index (χ1v) is 2.01. The molecule has 0 atom stereocenters. The Kier molecular flexibility index (Phi) is 4.34. The van der Waals surface area contributed by atoms with E-state index in [1.54, 1.807) is 0 Å².